The van der Waals surface area contributed by atoms with Crippen molar-refractivity contribution in [3.05, 3.63) is 23.3 Å². The van der Waals surface area contributed by atoms with Gasteiger partial charge in [-0.1, -0.05) is 0 Å². The molecule has 0 bridgehead atoms. The van der Waals surface area contributed by atoms with Crippen LogP contribution in [0.3, 0.4) is 0 Å². The summed E-state index contributed by atoms with van der Waals surface area (Å²) in [5, 5.41) is 0.413. The van der Waals surface area contributed by atoms with E-state index in [9.17, 15) is 0 Å². The van der Waals surface area contributed by atoms with Crippen LogP contribution in [0.15, 0.2) is 12.1 Å². The normalized spacial score (nSPS) is 9.69. The Morgan fingerprint density at radius 1 is 1.38 bits per heavy atom. The molecule has 0 aromatic heterocycles. The van der Waals surface area contributed by atoms with Gasteiger partial charge in [-0.2, -0.15) is 0 Å². The Labute approximate surface area is 82.7 Å². The predicted octanol–water partition coefficient (Wildman–Crippen LogP) is 1.48. The molecular weight excluding hydrogens is 184 g/mol. The van der Waals surface area contributed by atoms with Gasteiger partial charge >= 0.3 is 0 Å². The highest BCUT2D eigenvalue weighted by Gasteiger charge is 2.08. The lowest BCUT2D eigenvalue weighted by atomic mass is 10.1. The topological polar surface area (TPSA) is 61.3 Å². The van der Waals surface area contributed by atoms with Crippen LogP contribution < -0.4 is 11.5 Å². The molecule has 3 nitrogen and oxygen atoms in total. The van der Waals surface area contributed by atoms with Crippen LogP contribution in [0, 0.1) is 6.92 Å². The van der Waals surface area contributed by atoms with Crippen molar-refractivity contribution in [3.8, 4) is 0 Å². The van der Waals surface area contributed by atoms with E-state index in [0.29, 0.717) is 16.4 Å². The lowest BCUT2D eigenvalue weighted by molar-refractivity contribution is 0.415. The standard InChI is InChI=1S/C9H12N2OS/c1-5-7(9(13)12-2)3-6(10)4-8(5)11/h3-4H,10-11H2,1-2H3. The molecule has 0 spiro atoms. The molecule has 0 radical (unpaired) electrons. The fourth-order valence-corrected chi connectivity index (χ4v) is 1.29. The van der Waals surface area contributed by atoms with Crippen molar-refractivity contribution in [1.82, 2.24) is 0 Å². The maximum absolute atomic E-state index is 5.72. The molecule has 0 unspecified atom stereocenters. The van der Waals surface area contributed by atoms with E-state index in [1.165, 1.54) is 7.11 Å². The van der Waals surface area contributed by atoms with E-state index in [0.717, 1.165) is 11.1 Å². The lowest BCUT2D eigenvalue weighted by Gasteiger charge is -2.09. The van der Waals surface area contributed by atoms with Crippen LogP contribution in [0.2, 0.25) is 0 Å². The fourth-order valence-electron chi connectivity index (χ4n) is 1.08. The Hall–Kier alpha value is -1.29. The van der Waals surface area contributed by atoms with Gasteiger partial charge in [0, 0.05) is 16.9 Å². The van der Waals surface area contributed by atoms with E-state index in [2.05, 4.69) is 0 Å². The van der Waals surface area contributed by atoms with E-state index >= 15 is 0 Å². The average molecular weight is 196 g/mol. The number of benzene rings is 1. The smallest absolute Gasteiger partial charge is 0.191 e. The lowest BCUT2D eigenvalue weighted by Crippen LogP contribution is -2.06. The van der Waals surface area contributed by atoms with Gasteiger partial charge in [0.25, 0.3) is 0 Å². The van der Waals surface area contributed by atoms with Crippen molar-refractivity contribution in [3.63, 3.8) is 0 Å². The van der Waals surface area contributed by atoms with Crippen LogP contribution in [-0.4, -0.2) is 12.2 Å². The average Bonchev–Trinajstić information content (AvgIpc) is 2.10. The molecule has 4 heteroatoms. The molecule has 0 aliphatic rings. The minimum Gasteiger partial charge on any atom is -0.486 e. The van der Waals surface area contributed by atoms with Crippen molar-refractivity contribution in [2.75, 3.05) is 18.6 Å². The molecule has 0 heterocycles. The second-order valence-corrected chi connectivity index (χ2v) is 3.15. The Kier molecular flexibility index (Phi) is 2.72. The molecule has 0 saturated carbocycles. The summed E-state index contributed by atoms with van der Waals surface area (Å²) in [5.41, 5.74) is 14.3. The summed E-state index contributed by atoms with van der Waals surface area (Å²) in [6.45, 7) is 1.88. The summed E-state index contributed by atoms with van der Waals surface area (Å²) >= 11 is 5.00. The first kappa shape index (κ1) is 9.80. The highest BCUT2D eigenvalue weighted by Crippen LogP contribution is 2.21. The summed E-state index contributed by atoms with van der Waals surface area (Å²) in [6.07, 6.45) is 0. The molecule has 0 saturated heterocycles. The second kappa shape index (κ2) is 3.62. The van der Waals surface area contributed by atoms with Gasteiger partial charge in [-0.25, -0.2) is 0 Å². The number of nitrogens with two attached hydrogens (primary N) is 2. The second-order valence-electron chi connectivity index (χ2n) is 2.77. The summed E-state index contributed by atoms with van der Waals surface area (Å²) in [7, 11) is 1.53. The molecule has 1 aromatic rings. The van der Waals surface area contributed by atoms with E-state index < -0.39 is 0 Å². The molecule has 13 heavy (non-hydrogen) atoms. The first-order valence-electron chi connectivity index (χ1n) is 3.80. The van der Waals surface area contributed by atoms with Crippen LogP contribution in [0.1, 0.15) is 11.1 Å². The molecule has 0 aliphatic carbocycles. The largest absolute Gasteiger partial charge is 0.486 e. The minimum absolute atomic E-state index is 0.413. The van der Waals surface area contributed by atoms with Crippen LogP contribution in [-0.2, 0) is 4.74 Å². The van der Waals surface area contributed by atoms with Crippen LogP contribution in [0.4, 0.5) is 11.4 Å². The number of nitrogen functional groups attached to an aromatic ring is 2. The SMILES string of the molecule is COC(=S)c1cc(N)cc(N)c1C. The van der Waals surface area contributed by atoms with Crippen LogP contribution >= 0.6 is 12.2 Å². The van der Waals surface area contributed by atoms with Gasteiger partial charge < -0.3 is 16.2 Å². The van der Waals surface area contributed by atoms with Crippen LogP contribution in [0.5, 0.6) is 0 Å². The number of thiocarbonyl (C=S) groups is 1. The highest BCUT2D eigenvalue weighted by molar-refractivity contribution is 7.80. The quantitative estimate of drug-likeness (QED) is 0.527. The Bertz CT molecular complexity index is 350. The molecular formula is C9H12N2OS. The molecule has 1 rings (SSSR count). The van der Waals surface area contributed by atoms with Gasteiger partial charge in [0.15, 0.2) is 5.05 Å². The predicted molar refractivity (Wildman–Crippen MR) is 58.7 cm³/mol. The first-order chi connectivity index (χ1) is 6.06. The number of ether oxygens (including phenoxy) is 1. The fraction of sp³-hybridized carbons (Fsp3) is 0.222. The maximum atomic E-state index is 5.72. The van der Waals surface area contributed by atoms with Crippen molar-refractivity contribution in [2.24, 2.45) is 0 Å². The summed E-state index contributed by atoms with van der Waals surface area (Å²) in [5.74, 6) is 0. The zero-order valence-electron chi connectivity index (χ0n) is 7.63. The number of methoxy groups -OCH3 is 1. The summed E-state index contributed by atoms with van der Waals surface area (Å²) in [6, 6.07) is 3.47. The Morgan fingerprint density at radius 3 is 2.54 bits per heavy atom. The van der Waals surface area contributed by atoms with Gasteiger partial charge in [-0.05, 0) is 36.8 Å². The highest BCUT2D eigenvalue weighted by atomic mass is 32.1. The van der Waals surface area contributed by atoms with E-state index in [4.69, 9.17) is 28.4 Å². The van der Waals surface area contributed by atoms with Crippen LogP contribution in [0.25, 0.3) is 0 Å². The molecule has 4 N–H and O–H groups in total. The summed E-state index contributed by atoms with van der Waals surface area (Å²) in [4.78, 5) is 0. The molecule has 0 atom stereocenters. The zero-order valence-corrected chi connectivity index (χ0v) is 8.44. The van der Waals surface area contributed by atoms with Gasteiger partial charge in [0.2, 0.25) is 0 Å². The van der Waals surface area contributed by atoms with Gasteiger partial charge in [0.1, 0.15) is 0 Å². The molecule has 0 amide bonds. The van der Waals surface area contributed by atoms with Crippen molar-refractivity contribution in [1.29, 1.82) is 0 Å². The third kappa shape index (κ3) is 1.89. The minimum atomic E-state index is 0.413. The monoisotopic (exact) mass is 196 g/mol. The number of anilines is 2. The molecule has 1 aromatic carbocycles. The first-order valence-corrected chi connectivity index (χ1v) is 4.21. The van der Waals surface area contributed by atoms with E-state index in [1.807, 2.05) is 6.92 Å². The van der Waals surface area contributed by atoms with E-state index in [1.54, 1.807) is 12.1 Å². The third-order valence-electron chi connectivity index (χ3n) is 1.88. The Morgan fingerprint density at radius 2 is 2.00 bits per heavy atom. The molecule has 0 fully saturated rings. The van der Waals surface area contributed by atoms with E-state index in [-0.39, 0.29) is 0 Å². The summed E-state index contributed by atoms with van der Waals surface area (Å²) < 4.78 is 4.95. The van der Waals surface area contributed by atoms with Gasteiger partial charge in [0.05, 0.1) is 7.11 Å². The van der Waals surface area contributed by atoms with Crippen molar-refractivity contribution in [2.45, 2.75) is 6.92 Å². The maximum Gasteiger partial charge on any atom is 0.191 e. The molecule has 0 aliphatic heterocycles. The number of rotatable bonds is 1. The Balaban J connectivity index is 3.28. The molecule has 70 valence electrons. The number of hydrogen-bond donors (Lipinski definition) is 2. The van der Waals surface area contributed by atoms with Gasteiger partial charge in [-0.15, -0.1) is 0 Å². The van der Waals surface area contributed by atoms with Crippen molar-refractivity contribution < 1.29 is 4.74 Å². The third-order valence-corrected chi connectivity index (χ3v) is 2.26. The zero-order chi connectivity index (χ0) is 10.0. The van der Waals surface area contributed by atoms with Gasteiger partial charge in [-0.3, -0.25) is 0 Å². The number of hydrogen-bond acceptors (Lipinski definition) is 4. The van der Waals surface area contributed by atoms with Crippen molar-refractivity contribution >= 4 is 28.6 Å².